The summed E-state index contributed by atoms with van der Waals surface area (Å²) in [5.74, 6) is 0.503. The molecule has 0 radical (unpaired) electrons. The zero-order valence-corrected chi connectivity index (χ0v) is 13.8. The van der Waals surface area contributed by atoms with E-state index in [0.717, 1.165) is 18.4 Å². The maximum absolute atomic E-state index is 12.3. The summed E-state index contributed by atoms with van der Waals surface area (Å²) < 4.78 is 6.63. The van der Waals surface area contributed by atoms with Crippen LogP contribution in [0, 0.1) is 0 Å². The Hall–Kier alpha value is -2.57. The number of aryl methyl sites for hydroxylation is 1. The molecule has 0 unspecified atom stereocenters. The number of anilines is 1. The lowest BCUT2D eigenvalue weighted by Gasteiger charge is -2.32. The molecule has 1 fully saturated rings. The SMILES string of the molecule is CCn1ccnc(N2CCC(NC(=O)Cc3ccoc3)CC2)c1=O. The summed E-state index contributed by atoms with van der Waals surface area (Å²) in [6, 6.07) is 1.93. The van der Waals surface area contributed by atoms with Crippen molar-refractivity contribution in [3.8, 4) is 0 Å². The van der Waals surface area contributed by atoms with Gasteiger partial charge in [-0.25, -0.2) is 4.98 Å². The van der Waals surface area contributed by atoms with Gasteiger partial charge in [-0.3, -0.25) is 9.59 Å². The molecule has 128 valence electrons. The van der Waals surface area contributed by atoms with E-state index in [0.29, 0.717) is 31.9 Å². The van der Waals surface area contributed by atoms with Gasteiger partial charge in [0.1, 0.15) is 0 Å². The number of nitrogens with zero attached hydrogens (tertiary/aromatic N) is 3. The van der Waals surface area contributed by atoms with Gasteiger partial charge in [0, 0.05) is 38.1 Å². The number of piperidine rings is 1. The largest absolute Gasteiger partial charge is 0.472 e. The summed E-state index contributed by atoms with van der Waals surface area (Å²) in [7, 11) is 0. The van der Waals surface area contributed by atoms with Crippen LogP contribution in [-0.4, -0.2) is 34.6 Å². The van der Waals surface area contributed by atoms with Crippen LogP contribution in [0.4, 0.5) is 5.82 Å². The van der Waals surface area contributed by atoms with Crippen LogP contribution >= 0.6 is 0 Å². The third kappa shape index (κ3) is 3.67. The number of hydrogen-bond donors (Lipinski definition) is 1. The van der Waals surface area contributed by atoms with Gasteiger partial charge >= 0.3 is 0 Å². The number of rotatable bonds is 5. The fraction of sp³-hybridized carbons (Fsp3) is 0.471. The van der Waals surface area contributed by atoms with Crippen LogP contribution in [0.25, 0.3) is 0 Å². The standard InChI is InChI=1S/C17H22N4O3/c1-2-20-9-6-18-16(17(20)23)21-7-3-14(4-8-21)19-15(22)11-13-5-10-24-12-13/h5-6,9-10,12,14H,2-4,7-8,11H2,1H3,(H,19,22). The Kier molecular flexibility index (Phi) is 4.98. The Morgan fingerprint density at radius 1 is 1.42 bits per heavy atom. The van der Waals surface area contributed by atoms with E-state index in [1.54, 1.807) is 35.6 Å². The normalized spacial score (nSPS) is 15.5. The quantitative estimate of drug-likeness (QED) is 0.890. The summed E-state index contributed by atoms with van der Waals surface area (Å²) in [5.41, 5.74) is 0.820. The monoisotopic (exact) mass is 330 g/mol. The van der Waals surface area contributed by atoms with E-state index in [4.69, 9.17) is 4.42 Å². The van der Waals surface area contributed by atoms with Crippen LogP contribution in [0.2, 0.25) is 0 Å². The predicted molar refractivity (Wildman–Crippen MR) is 90.0 cm³/mol. The smallest absolute Gasteiger partial charge is 0.293 e. The minimum absolute atomic E-state index is 0.000949. The van der Waals surface area contributed by atoms with Crippen molar-refractivity contribution < 1.29 is 9.21 Å². The number of furan rings is 1. The summed E-state index contributed by atoms with van der Waals surface area (Å²) in [6.45, 7) is 4.00. The van der Waals surface area contributed by atoms with Gasteiger partial charge < -0.3 is 19.2 Å². The molecule has 2 aromatic heterocycles. The molecule has 1 saturated heterocycles. The molecule has 3 heterocycles. The van der Waals surface area contributed by atoms with E-state index in [1.807, 2.05) is 11.8 Å². The fourth-order valence-corrected chi connectivity index (χ4v) is 2.99. The van der Waals surface area contributed by atoms with Crippen molar-refractivity contribution in [1.29, 1.82) is 0 Å². The molecule has 0 saturated carbocycles. The molecular weight excluding hydrogens is 308 g/mol. The van der Waals surface area contributed by atoms with Crippen LogP contribution in [0.5, 0.6) is 0 Å². The molecule has 0 aromatic carbocycles. The Bertz CT molecular complexity index is 731. The number of nitrogens with one attached hydrogen (secondary N) is 1. The number of hydrogen-bond acceptors (Lipinski definition) is 5. The minimum atomic E-state index is -0.0533. The van der Waals surface area contributed by atoms with Gasteiger partial charge in [0.25, 0.3) is 5.56 Å². The van der Waals surface area contributed by atoms with Gasteiger partial charge in [-0.1, -0.05) is 0 Å². The average molecular weight is 330 g/mol. The molecular formula is C17H22N4O3. The lowest BCUT2D eigenvalue weighted by atomic mass is 10.0. The van der Waals surface area contributed by atoms with Crippen molar-refractivity contribution in [2.75, 3.05) is 18.0 Å². The highest BCUT2D eigenvalue weighted by molar-refractivity contribution is 5.78. The molecule has 1 N–H and O–H groups in total. The van der Waals surface area contributed by atoms with E-state index in [-0.39, 0.29) is 17.5 Å². The third-order valence-corrected chi connectivity index (χ3v) is 4.34. The molecule has 7 heteroatoms. The van der Waals surface area contributed by atoms with Crippen LogP contribution < -0.4 is 15.8 Å². The molecule has 1 amide bonds. The third-order valence-electron chi connectivity index (χ3n) is 4.34. The van der Waals surface area contributed by atoms with Gasteiger partial charge in [-0.15, -0.1) is 0 Å². The van der Waals surface area contributed by atoms with E-state index in [9.17, 15) is 9.59 Å². The first-order valence-corrected chi connectivity index (χ1v) is 8.28. The van der Waals surface area contributed by atoms with Crippen molar-refractivity contribution in [2.24, 2.45) is 0 Å². The number of aromatic nitrogens is 2. The lowest BCUT2D eigenvalue weighted by molar-refractivity contribution is -0.121. The first-order valence-electron chi connectivity index (χ1n) is 8.28. The Morgan fingerprint density at radius 2 is 2.21 bits per heavy atom. The lowest BCUT2D eigenvalue weighted by Crippen LogP contribution is -2.46. The van der Waals surface area contributed by atoms with E-state index >= 15 is 0 Å². The molecule has 0 spiro atoms. The van der Waals surface area contributed by atoms with E-state index in [2.05, 4.69) is 10.3 Å². The topological polar surface area (TPSA) is 80.4 Å². The van der Waals surface area contributed by atoms with E-state index < -0.39 is 0 Å². The molecule has 2 aromatic rings. The summed E-state index contributed by atoms with van der Waals surface area (Å²) >= 11 is 0. The molecule has 0 bridgehead atoms. The maximum atomic E-state index is 12.3. The number of carbonyl (C=O) groups excluding carboxylic acids is 1. The fourth-order valence-electron chi connectivity index (χ4n) is 2.99. The highest BCUT2D eigenvalue weighted by Crippen LogP contribution is 2.15. The minimum Gasteiger partial charge on any atom is -0.472 e. The summed E-state index contributed by atoms with van der Waals surface area (Å²) in [4.78, 5) is 30.6. The van der Waals surface area contributed by atoms with Gasteiger partial charge in [0.05, 0.1) is 18.9 Å². The highest BCUT2D eigenvalue weighted by Gasteiger charge is 2.23. The van der Waals surface area contributed by atoms with Crippen LogP contribution in [-0.2, 0) is 17.8 Å². The average Bonchev–Trinajstić information content (AvgIpc) is 3.09. The Morgan fingerprint density at radius 3 is 2.88 bits per heavy atom. The highest BCUT2D eigenvalue weighted by atomic mass is 16.3. The van der Waals surface area contributed by atoms with Crippen LogP contribution in [0.1, 0.15) is 25.3 Å². The molecule has 0 atom stereocenters. The molecule has 1 aliphatic rings. The summed E-state index contributed by atoms with van der Waals surface area (Å²) in [6.07, 6.45) is 8.46. The maximum Gasteiger partial charge on any atom is 0.293 e. The second kappa shape index (κ2) is 7.33. The zero-order valence-electron chi connectivity index (χ0n) is 13.8. The second-order valence-electron chi connectivity index (χ2n) is 5.98. The van der Waals surface area contributed by atoms with Gasteiger partial charge in [0.15, 0.2) is 5.82 Å². The Balaban J connectivity index is 1.54. The second-order valence-corrected chi connectivity index (χ2v) is 5.98. The van der Waals surface area contributed by atoms with Crippen molar-refractivity contribution in [3.63, 3.8) is 0 Å². The van der Waals surface area contributed by atoms with Crippen LogP contribution in [0.15, 0.2) is 40.2 Å². The zero-order chi connectivity index (χ0) is 16.9. The predicted octanol–water partition coefficient (Wildman–Crippen LogP) is 1.18. The molecule has 7 nitrogen and oxygen atoms in total. The number of carbonyl (C=O) groups is 1. The first kappa shape index (κ1) is 16.3. The van der Waals surface area contributed by atoms with Gasteiger partial charge in [-0.05, 0) is 31.4 Å². The molecule has 1 aliphatic heterocycles. The molecule has 3 rings (SSSR count). The molecule has 24 heavy (non-hydrogen) atoms. The summed E-state index contributed by atoms with van der Waals surface area (Å²) in [5, 5.41) is 3.06. The van der Waals surface area contributed by atoms with Crippen molar-refractivity contribution in [3.05, 3.63) is 46.9 Å². The first-order chi connectivity index (χ1) is 11.7. The van der Waals surface area contributed by atoms with Gasteiger partial charge in [-0.2, -0.15) is 0 Å². The van der Waals surface area contributed by atoms with Crippen LogP contribution in [0.3, 0.4) is 0 Å². The van der Waals surface area contributed by atoms with E-state index in [1.165, 1.54) is 0 Å². The van der Waals surface area contributed by atoms with Crippen molar-refractivity contribution in [1.82, 2.24) is 14.9 Å². The van der Waals surface area contributed by atoms with Crippen molar-refractivity contribution >= 4 is 11.7 Å². The van der Waals surface area contributed by atoms with Crippen molar-refractivity contribution in [2.45, 2.75) is 38.8 Å². The van der Waals surface area contributed by atoms with Gasteiger partial charge in [0.2, 0.25) is 5.91 Å². The Labute approximate surface area is 140 Å². The number of amides is 1. The molecule has 0 aliphatic carbocycles.